The minimum absolute atomic E-state index is 0.226. The Morgan fingerprint density at radius 3 is 1.57 bits per heavy atom. The Hall–Kier alpha value is -1.31. The number of hydrogen-bond donors (Lipinski definition) is 0. The number of unbranched alkanes of at least 4 members (excludes halogenated alkanes) is 11. The third kappa shape index (κ3) is 12.9. The van der Waals surface area contributed by atoms with E-state index in [1.165, 1.54) is 76.2 Å². The lowest BCUT2D eigenvalue weighted by Gasteiger charge is -2.04. The maximum atomic E-state index is 10.3. The zero-order valence-electron chi connectivity index (χ0n) is 14.6. The third-order valence-electron chi connectivity index (χ3n) is 4.44. The second-order valence-corrected chi connectivity index (χ2v) is 6.60. The standard InChI is InChI=1S/C21H34O2/c22-21(23)19-15-10-8-6-4-2-1-3-5-7-9-12-16-20-17-13-11-14-18-20/h11,13-14,17-18H,1-10,12,15-16,19H2,(H,22,23)/p-1. The molecule has 130 valence electrons. The van der Waals surface area contributed by atoms with E-state index < -0.39 is 5.97 Å². The first-order valence-corrected chi connectivity index (χ1v) is 9.53. The molecule has 0 spiro atoms. The van der Waals surface area contributed by atoms with E-state index in [1.54, 1.807) is 0 Å². The molecule has 0 aliphatic heterocycles. The molecule has 0 amide bonds. The molecule has 0 fully saturated rings. The van der Waals surface area contributed by atoms with Crippen molar-refractivity contribution in [2.24, 2.45) is 0 Å². The summed E-state index contributed by atoms with van der Waals surface area (Å²) in [5, 5.41) is 10.3. The van der Waals surface area contributed by atoms with Gasteiger partial charge in [-0.25, -0.2) is 0 Å². The summed E-state index contributed by atoms with van der Waals surface area (Å²) < 4.78 is 0. The van der Waals surface area contributed by atoms with Crippen molar-refractivity contribution >= 4 is 5.97 Å². The molecule has 0 radical (unpaired) electrons. The highest BCUT2D eigenvalue weighted by molar-refractivity contribution is 5.63. The Balaban J connectivity index is 1.74. The van der Waals surface area contributed by atoms with Crippen molar-refractivity contribution in [1.82, 2.24) is 0 Å². The number of carboxylic acid groups (broad SMARTS) is 1. The number of rotatable bonds is 15. The molecule has 0 N–H and O–H groups in total. The summed E-state index contributed by atoms with van der Waals surface area (Å²) in [5.74, 6) is -0.909. The highest BCUT2D eigenvalue weighted by Crippen LogP contribution is 2.13. The van der Waals surface area contributed by atoms with E-state index in [4.69, 9.17) is 0 Å². The predicted molar refractivity (Wildman–Crippen MR) is 95.2 cm³/mol. The molecule has 1 rings (SSSR count). The van der Waals surface area contributed by atoms with Crippen LogP contribution in [0.15, 0.2) is 30.3 Å². The van der Waals surface area contributed by atoms with E-state index in [9.17, 15) is 9.90 Å². The zero-order valence-corrected chi connectivity index (χ0v) is 14.6. The van der Waals surface area contributed by atoms with Crippen molar-refractivity contribution in [3.8, 4) is 0 Å². The second-order valence-electron chi connectivity index (χ2n) is 6.60. The van der Waals surface area contributed by atoms with Gasteiger partial charge in [-0.05, 0) is 31.2 Å². The number of carbonyl (C=O) groups excluding carboxylic acids is 1. The van der Waals surface area contributed by atoms with Crippen LogP contribution < -0.4 is 5.11 Å². The van der Waals surface area contributed by atoms with Crippen molar-refractivity contribution in [2.75, 3.05) is 0 Å². The van der Waals surface area contributed by atoms with Gasteiger partial charge < -0.3 is 9.90 Å². The van der Waals surface area contributed by atoms with Crippen LogP contribution in [0.4, 0.5) is 0 Å². The summed E-state index contributed by atoms with van der Waals surface area (Å²) in [6, 6.07) is 10.8. The minimum Gasteiger partial charge on any atom is -0.550 e. The maximum absolute atomic E-state index is 10.3. The van der Waals surface area contributed by atoms with Crippen LogP contribution >= 0.6 is 0 Å². The number of aryl methyl sites for hydroxylation is 1. The van der Waals surface area contributed by atoms with Crippen molar-refractivity contribution in [2.45, 2.75) is 89.9 Å². The van der Waals surface area contributed by atoms with Gasteiger partial charge in [0.15, 0.2) is 0 Å². The molecular weight excluding hydrogens is 284 g/mol. The van der Waals surface area contributed by atoms with Gasteiger partial charge in [-0.2, -0.15) is 0 Å². The molecule has 23 heavy (non-hydrogen) atoms. The largest absolute Gasteiger partial charge is 0.550 e. The third-order valence-corrected chi connectivity index (χ3v) is 4.44. The molecule has 0 aromatic heterocycles. The molecule has 2 nitrogen and oxygen atoms in total. The first-order chi connectivity index (χ1) is 11.3. The number of benzene rings is 1. The Kier molecular flexibility index (Phi) is 12.3. The smallest absolute Gasteiger partial charge is 0.0414 e. The van der Waals surface area contributed by atoms with Gasteiger partial charge in [-0.1, -0.05) is 94.5 Å². The fourth-order valence-electron chi connectivity index (χ4n) is 3.01. The first-order valence-electron chi connectivity index (χ1n) is 9.53. The van der Waals surface area contributed by atoms with Gasteiger partial charge in [0, 0.05) is 5.97 Å². The molecule has 0 unspecified atom stereocenters. The van der Waals surface area contributed by atoms with Gasteiger partial charge in [0.05, 0.1) is 0 Å². The average molecular weight is 317 g/mol. The van der Waals surface area contributed by atoms with E-state index in [-0.39, 0.29) is 6.42 Å². The second kappa shape index (κ2) is 14.3. The van der Waals surface area contributed by atoms with Crippen LogP contribution in [-0.2, 0) is 11.2 Å². The van der Waals surface area contributed by atoms with Gasteiger partial charge in [0.25, 0.3) is 0 Å². The lowest BCUT2D eigenvalue weighted by Crippen LogP contribution is -2.21. The molecule has 0 atom stereocenters. The quantitative estimate of drug-likeness (QED) is 0.425. The van der Waals surface area contributed by atoms with E-state index >= 15 is 0 Å². The van der Waals surface area contributed by atoms with Crippen LogP contribution in [0.5, 0.6) is 0 Å². The molecule has 1 aromatic carbocycles. The maximum Gasteiger partial charge on any atom is 0.0414 e. The molecule has 0 saturated heterocycles. The summed E-state index contributed by atoms with van der Waals surface area (Å²) in [4.78, 5) is 10.3. The van der Waals surface area contributed by atoms with Crippen LogP contribution in [0.2, 0.25) is 0 Å². The monoisotopic (exact) mass is 317 g/mol. The summed E-state index contributed by atoms with van der Waals surface area (Å²) in [7, 11) is 0. The summed E-state index contributed by atoms with van der Waals surface area (Å²) >= 11 is 0. The SMILES string of the molecule is O=C([O-])CCCCCCCCCCCCCCc1ccccc1. The van der Waals surface area contributed by atoms with E-state index in [2.05, 4.69) is 30.3 Å². The van der Waals surface area contributed by atoms with Crippen LogP contribution in [0, 0.1) is 0 Å². The number of carbonyl (C=O) groups is 1. The molecule has 1 aromatic rings. The molecule has 0 aliphatic carbocycles. The van der Waals surface area contributed by atoms with E-state index in [1.807, 2.05) is 0 Å². The highest BCUT2D eigenvalue weighted by Gasteiger charge is 1.95. The van der Waals surface area contributed by atoms with Crippen LogP contribution in [-0.4, -0.2) is 5.97 Å². The number of carboxylic acids is 1. The van der Waals surface area contributed by atoms with Gasteiger partial charge in [0.2, 0.25) is 0 Å². The molecule has 0 bridgehead atoms. The molecule has 0 aliphatic rings. The Morgan fingerprint density at radius 2 is 1.09 bits per heavy atom. The molecule has 0 heterocycles. The summed E-state index contributed by atoms with van der Waals surface area (Å²) in [6.07, 6.45) is 16.5. The predicted octanol–water partition coefficient (Wildman–Crippen LogP) is 5.05. The average Bonchev–Trinajstić information content (AvgIpc) is 2.56. The first kappa shape index (κ1) is 19.7. The minimum atomic E-state index is -0.909. The molecular formula is C21H33O2-. The topological polar surface area (TPSA) is 40.1 Å². The molecule has 0 saturated carbocycles. The van der Waals surface area contributed by atoms with E-state index in [0.29, 0.717) is 0 Å². The van der Waals surface area contributed by atoms with Crippen molar-refractivity contribution in [1.29, 1.82) is 0 Å². The van der Waals surface area contributed by atoms with Crippen LogP contribution in [0.25, 0.3) is 0 Å². The van der Waals surface area contributed by atoms with Crippen molar-refractivity contribution < 1.29 is 9.90 Å². The van der Waals surface area contributed by atoms with Gasteiger partial charge in [0.1, 0.15) is 0 Å². The lowest BCUT2D eigenvalue weighted by molar-refractivity contribution is -0.305. The van der Waals surface area contributed by atoms with E-state index in [0.717, 1.165) is 12.8 Å². The fourth-order valence-corrected chi connectivity index (χ4v) is 3.01. The van der Waals surface area contributed by atoms with Gasteiger partial charge in [-0.3, -0.25) is 0 Å². The Labute approximate surface area is 142 Å². The number of aliphatic carboxylic acids is 1. The summed E-state index contributed by atoms with van der Waals surface area (Å²) in [5.41, 5.74) is 1.46. The Bertz CT molecular complexity index is 386. The van der Waals surface area contributed by atoms with Gasteiger partial charge in [-0.15, -0.1) is 0 Å². The summed E-state index contributed by atoms with van der Waals surface area (Å²) in [6.45, 7) is 0. The lowest BCUT2D eigenvalue weighted by atomic mass is 10.0. The zero-order chi connectivity index (χ0) is 16.6. The van der Waals surface area contributed by atoms with Crippen molar-refractivity contribution in [3.63, 3.8) is 0 Å². The number of hydrogen-bond acceptors (Lipinski definition) is 2. The van der Waals surface area contributed by atoms with Crippen molar-refractivity contribution in [3.05, 3.63) is 35.9 Å². The van der Waals surface area contributed by atoms with Gasteiger partial charge >= 0.3 is 0 Å². The Morgan fingerprint density at radius 1 is 0.652 bits per heavy atom. The fraction of sp³-hybridized carbons (Fsp3) is 0.667. The highest BCUT2D eigenvalue weighted by atomic mass is 16.4. The molecule has 2 heteroatoms. The normalized spacial score (nSPS) is 10.8. The van der Waals surface area contributed by atoms with Crippen LogP contribution in [0.1, 0.15) is 89.0 Å². The van der Waals surface area contributed by atoms with Crippen LogP contribution in [0.3, 0.4) is 0 Å².